The topological polar surface area (TPSA) is 89.3 Å². The first-order valence-electron chi connectivity index (χ1n) is 6.19. The summed E-state index contributed by atoms with van der Waals surface area (Å²) in [6.45, 7) is 6.15. The number of unbranched alkanes of at least 4 members (excludes halogenated alkanes) is 1. The molecule has 0 aliphatic heterocycles. The number of primary sulfonamides is 1. The number of amides is 1. The lowest BCUT2D eigenvalue weighted by Crippen LogP contribution is -2.26. The van der Waals surface area contributed by atoms with Crippen LogP contribution in [0.5, 0.6) is 0 Å². The Morgan fingerprint density at radius 1 is 1.32 bits per heavy atom. The molecule has 1 aromatic carbocycles. The Balaban J connectivity index is 3.13. The summed E-state index contributed by atoms with van der Waals surface area (Å²) in [5.41, 5.74) is 1.86. The molecule has 1 amide bonds. The predicted octanol–water partition coefficient (Wildman–Crippen LogP) is 1.48. The summed E-state index contributed by atoms with van der Waals surface area (Å²) in [4.78, 5) is 12.0. The lowest BCUT2D eigenvalue weighted by Gasteiger charge is -2.11. The molecular weight excluding hydrogens is 264 g/mol. The fourth-order valence-electron chi connectivity index (χ4n) is 1.70. The van der Waals surface area contributed by atoms with Crippen LogP contribution in [0.1, 0.15) is 41.3 Å². The van der Waals surface area contributed by atoms with Gasteiger partial charge in [-0.2, -0.15) is 0 Å². The summed E-state index contributed by atoms with van der Waals surface area (Å²) in [5, 5.41) is 7.88. The van der Waals surface area contributed by atoms with Gasteiger partial charge in [-0.05, 0) is 43.5 Å². The predicted molar refractivity (Wildman–Crippen MR) is 74.5 cm³/mol. The minimum absolute atomic E-state index is 0.0313. The number of benzene rings is 1. The van der Waals surface area contributed by atoms with Gasteiger partial charge in [0.1, 0.15) is 0 Å². The second-order valence-corrected chi connectivity index (χ2v) is 6.13. The smallest absolute Gasteiger partial charge is 0.251 e. The molecule has 0 aliphatic rings. The van der Waals surface area contributed by atoms with Crippen LogP contribution in [0, 0.1) is 13.8 Å². The second-order valence-electron chi connectivity index (χ2n) is 4.57. The number of nitrogens with one attached hydrogen (secondary N) is 1. The van der Waals surface area contributed by atoms with Crippen LogP contribution in [0.25, 0.3) is 0 Å². The molecule has 1 aromatic rings. The van der Waals surface area contributed by atoms with Crippen molar-refractivity contribution in [1.82, 2.24) is 5.32 Å². The third-order valence-electron chi connectivity index (χ3n) is 3.03. The van der Waals surface area contributed by atoms with Gasteiger partial charge in [-0.15, -0.1) is 0 Å². The highest BCUT2D eigenvalue weighted by molar-refractivity contribution is 7.89. The molecule has 0 bridgehead atoms. The van der Waals surface area contributed by atoms with Crippen LogP contribution in [0.15, 0.2) is 17.0 Å². The summed E-state index contributed by atoms with van der Waals surface area (Å²) in [5.74, 6) is -0.264. The van der Waals surface area contributed by atoms with Crippen LogP contribution in [0.2, 0.25) is 0 Å². The van der Waals surface area contributed by atoms with Gasteiger partial charge in [0, 0.05) is 12.1 Å². The van der Waals surface area contributed by atoms with E-state index in [1.807, 2.05) is 6.92 Å². The van der Waals surface area contributed by atoms with Gasteiger partial charge >= 0.3 is 0 Å². The maximum Gasteiger partial charge on any atom is 0.251 e. The normalized spacial score (nSPS) is 11.4. The first kappa shape index (κ1) is 15.7. The van der Waals surface area contributed by atoms with E-state index in [2.05, 4.69) is 5.32 Å². The highest BCUT2D eigenvalue weighted by Gasteiger charge is 2.16. The highest BCUT2D eigenvalue weighted by atomic mass is 32.2. The number of aryl methyl sites for hydroxylation is 1. The molecule has 1 rings (SSSR count). The van der Waals surface area contributed by atoms with E-state index in [1.54, 1.807) is 13.8 Å². The van der Waals surface area contributed by atoms with Crippen molar-refractivity contribution in [2.24, 2.45) is 5.14 Å². The first-order valence-corrected chi connectivity index (χ1v) is 7.74. The average molecular weight is 284 g/mol. The lowest BCUT2D eigenvalue weighted by atomic mass is 10.0. The van der Waals surface area contributed by atoms with Gasteiger partial charge < -0.3 is 5.32 Å². The zero-order chi connectivity index (χ0) is 14.6. The standard InChI is InChI=1S/C13H20N2O3S/c1-4-5-6-15-13(16)12-8-11(19(14,17)18)7-9(2)10(12)3/h7-8H,4-6H2,1-3H3,(H,15,16)(H2,14,17,18). The van der Waals surface area contributed by atoms with Crippen molar-refractivity contribution >= 4 is 15.9 Å². The Hall–Kier alpha value is -1.40. The summed E-state index contributed by atoms with van der Waals surface area (Å²) < 4.78 is 22.8. The second kappa shape index (κ2) is 6.16. The van der Waals surface area contributed by atoms with Crippen LogP contribution >= 0.6 is 0 Å². The zero-order valence-corrected chi connectivity index (χ0v) is 12.3. The number of carbonyl (C=O) groups excluding carboxylic acids is 1. The van der Waals surface area contributed by atoms with Crippen LogP contribution in [-0.4, -0.2) is 20.9 Å². The first-order chi connectivity index (χ1) is 8.77. The minimum Gasteiger partial charge on any atom is -0.352 e. The largest absolute Gasteiger partial charge is 0.352 e. The third kappa shape index (κ3) is 4.04. The molecule has 3 N–H and O–H groups in total. The Bertz CT molecular complexity index is 580. The molecule has 0 heterocycles. The summed E-state index contributed by atoms with van der Waals surface area (Å²) in [6, 6.07) is 2.81. The van der Waals surface area contributed by atoms with E-state index in [0.29, 0.717) is 12.1 Å². The molecule has 0 aromatic heterocycles. The Kier molecular flexibility index (Phi) is 5.08. The lowest BCUT2D eigenvalue weighted by molar-refractivity contribution is 0.0952. The maximum atomic E-state index is 12.0. The highest BCUT2D eigenvalue weighted by Crippen LogP contribution is 2.19. The molecule has 0 spiro atoms. The Labute approximate surface area is 114 Å². The summed E-state index contributed by atoms with van der Waals surface area (Å²) in [7, 11) is -3.80. The van der Waals surface area contributed by atoms with Gasteiger partial charge in [0.05, 0.1) is 4.90 Å². The molecule has 0 saturated carbocycles. The van der Waals surface area contributed by atoms with Crippen LogP contribution in [-0.2, 0) is 10.0 Å². The van der Waals surface area contributed by atoms with Gasteiger partial charge in [-0.1, -0.05) is 13.3 Å². The summed E-state index contributed by atoms with van der Waals surface area (Å²) >= 11 is 0. The number of sulfonamides is 1. The molecule has 106 valence electrons. The zero-order valence-electron chi connectivity index (χ0n) is 11.5. The Morgan fingerprint density at radius 2 is 1.95 bits per heavy atom. The third-order valence-corrected chi connectivity index (χ3v) is 3.92. The molecule has 0 radical (unpaired) electrons. The van der Waals surface area contributed by atoms with Crippen molar-refractivity contribution in [3.63, 3.8) is 0 Å². The SMILES string of the molecule is CCCCNC(=O)c1cc(S(N)(=O)=O)cc(C)c1C. The monoisotopic (exact) mass is 284 g/mol. The van der Waals surface area contributed by atoms with Crippen molar-refractivity contribution in [1.29, 1.82) is 0 Å². The average Bonchev–Trinajstić information content (AvgIpc) is 2.31. The van der Waals surface area contributed by atoms with Crippen molar-refractivity contribution in [2.45, 2.75) is 38.5 Å². The van der Waals surface area contributed by atoms with Crippen LogP contribution < -0.4 is 10.5 Å². The number of hydrogen-bond acceptors (Lipinski definition) is 3. The van der Waals surface area contributed by atoms with Gasteiger partial charge in [0.15, 0.2) is 0 Å². The number of nitrogens with two attached hydrogens (primary N) is 1. The van der Waals surface area contributed by atoms with Crippen molar-refractivity contribution in [3.8, 4) is 0 Å². The van der Waals surface area contributed by atoms with Crippen molar-refractivity contribution < 1.29 is 13.2 Å². The van der Waals surface area contributed by atoms with Gasteiger partial charge in [-0.25, -0.2) is 13.6 Å². The molecule has 0 atom stereocenters. The molecular formula is C13H20N2O3S. The number of hydrogen-bond donors (Lipinski definition) is 2. The van der Waals surface area contributed by atoms with Crippen LogP contribution in [0.3, 0.4) is 0 Å². The molecule has 0 unspecified atom stereocenters. The molecule has 0 saturated heterocycles. The van der Waals surface area contributed by atoms with Crippen LogP contribution in [0.4, 0.5) is 0 Å². The number of carbonyl (C=O) groups is 1. The van der Waals surface area contributed by atoms with Gasteiger partial charge in [-0.3, -0.25) is 4.79 Å². The molecule has 19 heavy (non-hydrogen) atoms. The summed E-state index contributed by atoms with van der Waals surface area (Å²) in [6.07, 6.45) is 1.87. The van der Waals surface area contributed by atoms with Gasteiger partial charge in [0.25, 0.3) is 5.91 Å². The molecule has 0 fully saturated rings. The van der Waals surface area contributed by atoms with E-state index in [0.717, 1.165) is 24.0 Å². The minimum atomic E-state index is -3.80. The van der Waals surface area contributed by atoms with Crippen molar-refractivity contribution in [2.75, 3.05) is 6.54 Å². The van der Waals surface area contributed by atoms with E-state index in [9.17, 15) is 13.2 Å². The van der Waals surface area contributed by atoms with Crippen molar-refractivity contribution in [3.05, 3.63) is 28.8 Å². The fourth-order valence-corrected chi connectivity index (χ4v) is 2.32. The van der Waals surface area contributed by atoms with E-state index in [-0.39, 0.29) is 10.8 Å². The fraction of sp³-hybridized carbons (Fsp3) is 0.462. The van der Waals surface area contributed by atoms with E-state index in [1.165, 1.54) is 12.1 Å². The van der Waals surface area contributed by atoms with Gasteiger partial charge in [0.2, 0.25) is 10.0 Å². The van der Waals surface area contributed by atoms with E-state index < -0.39 is 10.0 Å². The molecule has 5 nitrogen and oxygen atoms in total. The quantitative estimate of drug-likeness (QED) is 0.803. The van der Waals surface area contributed by atoms with E-state index in [4.69, 9.17) is 5.14 Å². The maximum absolute atomic E-state index is 12.0. The Morgan fingerprint density at radius 3 is 2.47 bits per heavy atom. The number of rotatable bonds is 5. The molecule has 0 aliphatic carbocycles. The molecule has 6 heteroatoms. The van der Waals surface area contributed by atoms with E-state index >= 15 is 0 Å².